The third-order valence-corrected chi connectivity index (χ3v) is 5.65. The Bertz CT molecular complexity index is 874. The van der Waals surface area contributed by atoms with Gasteiger partial charge in [0.2, 0.25) is 0 Å². The summed E-state index contributed by atoms with van der Waals surface area (Å²) in [5.74, 6) is 0.500. The number of rotatable bonds is 5. The van der Waals surface area contributed by atoms with Crippen molar-refractivity contribution in [2.45, 2.75) is 31.7 Å². The second kappa shape index (κ2) is 8.74. The van der Waals surface area contributed by atoms with Crippen molar-refractivity contribution in [2.24, 2.45) is 5.10 Å². The van der Waals surface area contributed by atoms with Crippen LogP contribution in [0.5, 0.6) is 5.75 Å². The molecule has 2 aromatic carbocycles. The lowest BCUT2D eigenvalue weighted by molar-refractivity contribution is -0.134. The van der Waals surface area contributed by atoms with E-state index in [2.05, 4.69) is 10.0 Å². The average molecular weight is 395 g/mol. The smallest absolute Gasteiger partial charge is 0.257 e. The molecule has 0 N–H and O–H groups in total. The van der Waals surface area contributed by atoms with Crippen LogP contribution in [0.3, 0.4) is 0 Å². The molecule has 0 saturated carbocycles. The minimum absolute atomic E-state index is 0.00447. The molecular formula is C23H26FN3O2. The maximum atomic E-state index is 13.3. The van der Waals surface area contributed by atoms with Crippen molar-refractivity contribution in [3.63, 3.8) is 0 Å². The van der Waals surface area contributed by atoms with Gasteiger partial charge in [-0.1, -0.05) is 30.7 Å². The average Bonchev–Trinajstić information content (AvgIpc) is 3.21. The van der Waals surface area contributed by atoms with E-state index in [0.29, 0.717) is 13.0 Å². The number of carbonyl (C=O) groups is 1. The van der Waals surface area contributed by atoms with Crippen LogP contribution in [-0.4, -0.2) is 48.3 Å². The Balaban J connectivity index is 1.59. The topological polar surface area (TPSA) is 45.1 Å². The maximum absolute atomic E-state index is 13.3. The van der Waals surface area contributed by atoms with Crippen molar-refractivity contribution < 1.29 is 13.9 Å². The lowest BCUT2D eigenvalue weighted by Crippen LogP contribution is -2.40. The number of ether oxygens (including phenoxy) is 1. The lowest BCUT2D eigenvalue weighted by Gasteiger charge is -2.29. The van der Waals surface area contributed by atoms with Crippen molar-refractivity contribution in [3.05, 3.63) is 65.5 Å². The highest BCUT2D eigenvalue weighted by molar-refractivity contribution is 6.03. The summed E-state index contributed by atoms with van der Waals surface area (Å²) < 4.78 is 18.6. The molecule has 1 atom stereocenters. The molecule has 1 saturated heterocycles. The van der Waals surface area contributed by atoms with Crippen LogP contribution in [0.4, 0.5) is 4.39 Å². The fraction of sp³-hybridized carbons (Fsp3) is 0.391. The Morgan fingerprint density at radius 1 is 1.07 bits per heavy atom. The highest BCUT2D eigenvalue weighted by Crippen LogP contribution is 2.34. The molecule has 2 heterocycles. The van der Waals surface area contributed by atoms with E-state index >= 15 is 0 Å². The second-order valence-electron chi connectivity index (χ2n) is 7.62. The van der Waals surface area contributed by atoms with Gasteiger partial charge in [0.15, 0.2) is 0 Å². The van der Waals surface area contributed by atoms with Gasteiger partial charge in [0.25, 0.3) is 5.91 Å². The summed E-state index contributed by atoms with van der Waals surface area (Å²) in [6.07, 6.45) is 4.11. The van der Waals surface area contributed by atoms with Crippen molar-refractivity contribution in [1.82, 2.24) is 9.91 Å². The van der Waals surface area contributed by atoms with Crippen molar-refractivity contribution >= 4 is 11.6 Å². The van der Waals surface area contributed by atoms with E-state index in [0.717, 1.165) is 48.5 Å². The van der Waals surface area contributed by atoms with E-state index in [9.17, 15) is 9.18 Å². The Morgan fingerprint density at radius 3 is 2.41 bits per heavy atom. The largest absolute Gasteiger partial charge is 0.497 e. The summed E-state index contributed by atoms with van der Waals surface area (Å²) in [6.45, 7) is 2.30. The minimum atomic E-state index is -0.280. The predicted molar refractivity (Wildman–Crippen MR) is 110 cm³/mol. The third-order valence-electron chi connectivity index (χ3n) is 5.65. The van der Waals surface area contributed by atoms with Crippen LogP contribution in [0.25, 0.3) is 0 Å². The highest BCUT2D eigenvalue weighted by atomic mass is 19.1. The zero-order valence-corrected chi connectivity index (χ0v) is 16.7. The van der Waals surface area contributed by atoms with Gasteiger partial charge in [-0.05, 0) is 61.3 Å². The van der Waals surface area contributed by atoms with Gasteiger partial charge < -0.3 is 4.74 Å². The molecule has 0 aromatic heterocycles. The number of benzene rings is 2. The first kappa shape index (κ1) is 19.6. The number of carbonyl (C=O) groups excluding carboxylic acids is 1. The van der Waals surface area contributed by atoms with Crippen LogP contribution in [-0.2, 0) is 4.79 Å². The monoisotopic (exact) mass is 395 g/mol. The molecular weight excluding hydrogens is 369 g/mol. The van der Waals surface area contributed by atoms with E-state index < -0.39 is 0 Å². The summed E-state index contributed by atoms with van der Waals surface area (Å²) in [5, 5.41) is 6.29. The fourth-order valence-electron chi connectivity index (χ4n) is 4.02. The molecule has 2 aromatic rings. The van der Waals surface area contributed by atoms with Gasteiger partial charge in [-0.2, -0.15) is 5.10 Å². The molecule has 6 heteroatoms. The molecule has 0 radical (unpaired) electrons. The van der Waals surface area contributed by atoms with Gasteiger partial charge in [0, 0.05) is 6.42 Å². The first-order valence-electron chi connectivity index (χ1n) is 10.2. The number of hydrogen-bond acceptors (Lipinski definition) is 4. The van der Waals surface area contributed by atoms with Crippen LogP contribution >= 0.6 is 0 Å². The molecule has 0 spiro atoms. The SMILES string of the molecule is COc1ccc(C2CC(c3ccc(F)cc3)=NN2C(=O)CN2CCCCC2)cc1. The van der Waals surface area contributed by atoms with Crippen LogP contribution in [0, 0.1) is 5.82 Å². The molecule has 1 amide bonds. The molecule has 2 aliphatic heterocycles. The number of halogens is 1. The quantitative estimate of drug-likeness (QED) is 0.769. The van der Waals surface area contributed by atoms with Crippen LogP contribution in [0.15, 0.2) is 53.6 Å². The number of methoxy groups -OCH3 is 1. The summed E-state index contributed by atoms with van der Waals surface area (Å²) >= 11 is 0. The summed E-state index contributed by atoms with van der Waals surface area (Å²) in [7, 11) is 1.63. The third kappa shape index (κ3) is 4.48. The summed E-state index contributed by atoms with van der Waals surface area (Å²) in [6, 6.07) is 13.9. The Labute approximate surface area is 170 Å². The molecule has 2 aliphatic rings. The van der Waals surface area contributed by atoms with Gasteiger partial charge in [-0.25, -0.2) is 9.40 Å². The lowest BCUT2D eigenvalue weighted by atomic mass is 9.98. The van der Waals surface area contributed by atoms with E-state index in [-0.39, 0.29) is 17.8 Å². The molecule has 29 heavy (non-hydrogen) atoms. The van der Waals surface area contributed by atoms with Crippen molar-refractivity contribution in [1.29, 1.82) is 0 Å². The van der Waals surface area contributed by atoms with Gasteiger partial charge in [0.05, 0.1) is 25.4 Å². The number of hydrazone groups is 1. The number of likely N-dealkylation sites (tertiary alicyclic amines) is 1. The maximum Gasteiger partial charge on any atom is 0.257 e. The van der Waals surface area contributed by atoms with Crippen molar-refractivity contribution in [3.8, 4) is 5.75 Å². The van der Waals surface area contributed by atoms with Crippen LogP contribution in [0.1, 0.15) is 42.9 Å². The standard InChI is InChI=1S/C23H26FN3O2/c1-29-20-11-7-18(8-12-20)22-15-21(17-5-9-19(24)10-6-17)25-27(22)23(28)16-26-13-3-2-4-14-26/h5-12,22H,2-4,13-16H2,1H3. The number of amides is 1. The van der Waals surface area contributed by atoms with E-state index in [1.807, 2.05) is 24.3 Å². The Morgan fingerprint density at radius 2 is 1.76 bits per heavy atom. The molecule has 0 aliphatic carbocycles. The molecule has 0 bridgehead atoms. The fourth-order valence-corrected chi connectivity index (χ4v) is 4.02. The number of piperidine rings is 1. The van der Waals surface area contributed by atoms with Gasteiger partial charge in [-0.15, -0.1) is 0 Å². The molecule has 5 nitrogen and oxygen atoms in total. The molecule has 152 valence electrons. The van der Waals surface area contributed by atoms with E-state index in [1.54, 1.807) is 24.3 Å². The summed E-state index contributed by atoms with van der Waals surface area (Å²) in [4.78, 5) is 15.4. The predicted octanol–water partition coefficient (Wildman–Crippen LogP) is 4.00. The zero-order chi connectivity index (χ0) is 20.2. The van der Waals surface area contributed by atoms with Gasteiger partial charge in [-0.3, -0.25) is 9.69 Å². The normalized spacial score (nSPS) is 19.9. The van der Waals surface area contributed by atoms with E-state index in [4.69, 9.17) is 4.74 Å². The second-order valence-corrected chi connectivity index (χ2v) is 7.62. The molecule has 4 rings (SSSR count). The van der Waals surface area contributed by atoms with Crippen LogP contribution < -0.4 is 4.74 Å². The zero-order valence-electron chi connectivity index (χ0n) is 16.7. The van der Waals surface area contributed by atoms with Gasteiger partial charge in [0.1, 0.15) is 11.6 Å². The van der Waals surface area contributed by atoms with Crippen molar-refractivity contribution in [2.75, 3.05) is 26.7 Å². The van der Waals surface area contributed by atoms with Gasteiger partial charge >= 0.3 is 0 Å². The number of hydrogen-bond donors (Lipinski definition) is 0. The highest BCUT2D eigenvalue weighted by Gasteiger charge is 2.33. The first-order chi connectivity index (χ1) is 14.1. The Kier molecular flexibility index (Phi) is 5.90. The first-order valence-corrected chi connectivity index (χ1v) is 10.2. The van der Waals surface area contributed by atoms with E-state index in [1.165, 1.54) is 18.6 Å². The molecule has 1 fully saturated rings. The summed E-state index contributed by atoms with van der Waals surface area (Å²) in [5.41, 5.74) is 2.66. The molecule has 1 unspecified atom stereocenters. The minimum Gasteiger partial charge on any atom is -0.497 e. The van der Waals surface area contributed by atoms with Crippen LogP contribution in [0.2, 0.25) is 0 Å². The number of nitrogens with zero attached hydrogens (tertiary/aromatic N) is 3. The Hall–Kier alpha value is -2.73.